The maximum atomic E-state index is 11.9. The number of imide groups is 1. The van der Waals surface area contributed by atoms with E-state index in [2.05, 4.69) is 32.4 Å². The van der Waals surface area contributed by atoms with E-state index in [4.69, 9.17) is 0 Å². The van der Waals surface area contributed by atoms with E-state index in [0.29, 0.717) is 5.82 Å². The van der Waals surface area contributed by atoms with Crippen LogP contribution in [0.5, 0.6) is 0 Å². The Balaban J connectivity index is 1.49. The number of imidazole rings is 1. The molecule has 2 unspecified atom stereocenters. The Hall–Kier alpha value is -3.51. The third-order valence-electron chi connectivity index (χ3n) is 5.50. The zero-order valence-electron chi connectivity index (χ0n) is 17.9. The molecule has 3 radical (unpaired) electrons. The summed E-state index contributed by atoms with van der Waals surface area (Å²) in [5, 5.41) is 21.0. The van der Waals surface area contributed by atoms with Crippen molar-refractivity contribution in [2.45, 2.75) is 30.5 Å². The monoisotopic (exact) mass is 456 g/mol. The number of aliphatic hydroxyl groups excluding tert-OH is 1. The molecule has 8 heteroatoms. The Labute approximate surface area is 194 Å². The van der Waals surface area contributed by atoms with Gasteiger partial charge in [-0.2, -0.15) is 0 Å². The molecule has 3 atom stereocenters. The molecule has 165 valence electrons. The van der Waals surface area contributed by atoms with Crippen molar-refractivity contribution in [1.29, 1.82) is 0 Å². The minimum atomic E-state index is -1.34. The number of amides is 2. The first-order valence-corrected chi connectivity index (χ1v) is 10.9. The summed E-state index contributed by atoms with van der Waals surface area (Å²) < 4.78 is 1.63. The van der Waals surface area contributed by atoms with Crippen molar-refractivity contribution < 1.29 is 19.8 Å². The zero-order valence-corrected chi connectivity index (χ0v) is 18.9. The lowest BCUT2D eigenvalue weighted by Gasteiger charge is -2.21. The lowest BCUT2D eigenvalue weighted by Crippen LogP contribution is -2.28. The average Bonchev–Trinajstić information content (AvgIpc) is 3.41. The second-order valence-corrected chi connectivity index (χ2v) is 9.04. The van der Waals surface area contributed by atoms with Crippen molar-refractivity contribution in [2.75, 3.05) is 6.61 Å². The van der Waals surface area contributed by atoms with Crippen LogP contribution in [0.15, 0.2) is 60.9 Å². The van der Waals surface area contributed by atoms with Crippen LogP contribution in [0.4, 0.5) is 0 Å². The fourth-order valence-corrected chi connectivity index (χ4v) is 3.98. The number of rotatable bonds is 5. The zero-order chi connectivity index (χ0) is 23.6. The van der Waals surface area contributed by atoms with Crippen LogP contribution in [0.1, 0.15) is 42.3 Å². The second kappa shape index (κ2) is 9.15. The Morgan fingerprint density at radius 3 is 2.36 bits per heavy atom. The van der Waals surface area contributed by atoms with Gasteiger partial charge in [0.05, 0.1) is 22.8 Å². The van der Waals surface area contributed by atoms with Gasteiger partial charge >= 0.3 is 0 Å². The molecule has 1 fully saturated rings. The summed E-state index contributed by atoms with van der Waals surface area (Å²) in [7, 11) is 3.23. The first-order chi connectivity index (χ1) is 15.8. The lowest BCUT2D eigenvalue weighted by atomic mass is 9.95. The van der Waals surface area contributed by atoms with E-state index in [-0.39, 0.29) is 24.8 Å². The van der Waals surface area contributed by atoms with Crippen molar-refractivity contribution in [2.24, 2.45) is 0 Å². The van der Waals surface area contributed by atoms with Crippen molar-refractivity contribution in [1.82, 2.24) is 14.9 Å². The van der Waals surface area contributed by atoms with Gasteiger partial charge < -0.3 is 14.8 Å². The third-order valence-corrected chi connectivity index (χ3v) is 5.72. The van der Waals surface area contributed by atoms with Gasteiger partial charge in [-0.1, -0.05) is 48.2 Å². The number of hydrogen-bond acceptors (Lipinski definition) is 5. The minimum absolute atomic E-state index is 0.189. The molecular formula is C25H22N3O4Si. The standard InChI is InChI=1S/C25H22N3O4Si/c1-25(32,33)24-26-12-13-28(24)20(15-29)11-4-16-2-5-17(6-3-16)18-7-9-19(10-8-18)21-14-22(30)27-23(21)31/h2-3,5-10,12-13,20-21,29,32H,14-15H2,1H3,(H,27,30,31)/t20-,21?,25?/m0/s1. The molecule has 2 aromatic carbocycles. The highest BCUT2D eigenvalue weighted by Crippen LogP contribution is 2.27. The summed E-state index contributed by atoms with van der Waals surface area (Å²) in [6, 6.07) is 14.7. The molecule has 1 saturated heterocycles. The molecular weight excluding hydrogens is 434 g/mol. The highest BCUT2D eigenvalue weighted by Gasteiger charge is 2.31. The molecule has 2 heterocycles. The highest BCUT2D eigenvalue weighted by molar-refractivity contribution is 6.13. The van der Waals surface area contributed by atoms with E-state index >= 15 is 0 Å². The van der Waals surface area contributed by atoms with Crippen LogP contribution in [0, 0.1) is 11.8 Å². The Bertz CT molecular complexity index is 1230. The first-order valence-electron chi connectivity index (χ1n) is 10.4. The molecule has 4 rings (SSSR count). The smallest absolute Gasteiger partial charge is 0.234 e. The van der Waals surface area contributed by atoms with Crippen molar-refractivity contribution in [3.63, 3.8) is 0 Å². The molecule has 0 saturated carbocycles. The number of aromatic nitrogens is 2. The van der Waals surface area contributed by atoms with Gasteiger partial charge in [0, 0.05) is 24.4 Å². The van der Waals surface area contributed by atoms with Gasteiger partial charge in [0.25, 0.3) is 0 Å². The summed E-state index contributed by atoms with van der Waals surface area (Å²) in [4.78, 5) is 27.4. The number of aliphatic hydroxyl groups is 2. The van der Waals surface area contributed by atoms with Crippen LogP contribution in [0.25, 0.3) is 11.1 Å². The van der Waals surface area contributed by atoms with Crippen LogP contribution >= 0.6 is 0 Å². The molecule has 1 aliphatic rings. The SMILES string of the molecule is CC(O)([Si])c1nccn1[C@@H](C#Cc1ccc(-c2ccc(C3CC(=O)NC3=O)cc2)cc1)CO. The second-order valence-electron chi connectivity index (χ2n) is 8.07. The third kappa shape index (κ3) is 4.96. The van der Waals surface area contributed by atoms with Gasteiger partial charge in [0.15, 0.2) is 0 Å². The molecule has 3 N–H and O–H groups in total. The lowest BCUT2D eigenvalue weighted by molar-refractivity contribution is -0.125. The van der Waals surface area contributed by atoms with E-state index in [9.17, 15) is 19.8 Å². The first kappa shape index (κ1) is 22.7. The van der Waals surface area contributed by atoms with Gasteiger partial charge in [-0.05, 0) is 35.7 Å². The summed E-state index contributed by atoms with van der Waals surface area (Å²) in [6.07, 6.45) is 3.40. The predicted octanol–water partition coefficient (Wildman–Crippen LogP) is 1.60. The summed E-state index contributed by atoms with van der Waals surface area (Å²) in [5.41, 5.74) is 3.57. The number of carbonyl (C=O) groups is 2. The number of carbonyl (C=O) groups excluding carboxylic acids is 2. The number of hydrogen-bond donors (Lipinski definition) is 3. The van der Waals surface area contributed by atoms with Crippen LogP contribution in [0.2, 0.25) is 0 Å². The molecule has 33 heavy (non-hydrogen) atoms. The molecule has 0 aliphatic carbocycles. The molecule has 1 aromatic heterocycles. The average molecular weight is 457 g/mol. The van der Waals surface area contributed by atoms with E-state index in [1.807, 2.05) is 48.5 Å². The Morgan fingerprint density at radius 2 is 1.82 bits per heavy atom. The van der Waals surface area contributed by atoms with Crippen LogP contribution < -0.4 is 5.32 Å². The highest BCUT2D eigenvalue weighted by atomic mass is 28.1. The van der Waals surface area contributed by atoms with Gasteiger partial charge in [-0.25, -0.2) is 4.98 Å². The minimum Gasteiger partial charge on any atom is -0.393 e. The molecule has 1 aliphatic heterocycles. The molecule has 3 aromatic rings. The van der Waals surface area contributed by atoms with Crippen molar-refractivity contribution >= 4 is 22.1 Å². The normalized spacial score (nSPS) is 18.2. The summed E-state index contributed by atoms with van der Waals surface area (Å²) in [6.45, 7) is 1.32. The van der Waals surface area contributed by atoms with Gasteiger partial charge in [-0.15, -0.1) is 0 Å². The molecule has 0 bridgehead atoms. The van der Waals surface area contributed by atoms with E-state index in [0.717, 1.165) is 22.3 Å². The van der Waals surface area contributed by atoms with Crippen molar-refractivity contribution in [3.8, 4) is 23.0 Å². The summed E-state index contributed by atoms with van der Waals surface area (Å²) in [5.74, 6) is 5.53. The van der Waals surface area contributed by atoms with E-state index < -0.39 is 17.2 Å². The summed E-state index contributed by atoms with van der Waals surface area (Å²) >= 11 is 0. The maximum absolute atomic E-state index is 11.9. The molecule has 0 spiro atoms. The fourth-order valence-electron chi connectivity index (χ4n) is 3.79. The van der Waals surface area contributed by atoms with E-state index in [1.165, 1.54) is 0 Å². The fraction of sp³-hybridized carbons (Fsp3) is 0.240. The number of benzene rings is 2. The van der Waals surface area contributed by atoms with Crippen LogP contribution in [0.3, 0.4) is 0 Å². The largest absolute Gasteiger partial charge is 0.393 e. The topological polar surface area (TPSA) is 104 Å². The van der Waals surface area contributed by atoms with Gasteiger partial charge in [0.1, 0.15) is 17.1 Å². The van der Waals surface area contributed by atoms with Gasteiger partial charge in [0.2, 0.25) is 11.8 Å². The van der Waals surface area contributed by atoms with Crippen molar-refractivity contribution in [3.05, 3.63) is 77.9 Å². The Morgan fingerprint density at radius 1 is 1.18 bits per heavy atom. The molecule has 7 nitrogen and oxygen atoms in total. The maximum Gasteiger partial charge on any atom is 0.234 e. The quantitative estimate of drug-likeness (QED) is 0.307. The number of nitrogens with zero attached hydrogens (tertiary/aromatic N) is 2. The van der Waals surface area contributed by atoms with E-state index in [1.54, 1.807) is 23.9 Å². The van der Waals surface area contributed by atoms with Crippen LogP contribution in [-0.4, -0.2) is 48.4 Å². The number of nitrogens with one attached hydrogen (secondary N) is 1. The van der Waals surface area contributed by atoms with Crippen LogP contribution in [-0.2, 0) is 14.8 Å². The van der Waals surface area contributed by atoms with Gasteiger partial charge in [-0.3, -0.25) is 14.9 Å². The Kier molecular flexibility index (Phi) is 6.29. The predicted molar refractivity (Wildman–Crippen MR) is 123 cm³/mol. The molecule has 2 amide bonds.